The number of halogens is 1. The maximum absolute atomic E-state index is 13.6. The second-order valence-corrected chi connectivity index (χ2v) is 8.15. The van der Waals surface area contributed by atoms with E-state index in [0.29, 0.717) is 30.5 Å². The Morgan fingerprint density at radius 3 is 2.76 bits per heavy atom. The van der Waals surface area contributed by atoms with E-state index in [-0.39, 0.29) is 17.9 Å². The Bertz CT molecular complexity index is 707. The van der Waals surface area contributed by atoms with Crippen LogP contribution in [0, 0.1) is 23.6 Å². The summed E-state index contributed by atoms with van der Waals surface area (Å²) in [5.41, 5.74) is -0.118. The van der Waals surface area contributed by atoms with Gasteiger partial charge in [-0.1, -0.05) is 0 Å². The van der Waals surface area contributed by atoms with Crippen LogP contribution in [0.1, 0.15) is 32.1 Å². The highest BCUT2D eigenvalue weighted by Gasteiger charge is 2.56. The minimum atomic E-state index is -0.548. The van der Waals surface area contributed by atoms with E-state index < -0.39 is 17.5 Å². The van der Waals surface area contributed by atoms with Gasteiger partial charge >= 0.3 is 6.09 Å². The largest absolute Gasteiger partial charge is 0.490 e. The van der Waals surface area contributed by atoms with Crippen molar-refractivity contribution in [3.63, 3.8) is 0 Å². The number of carbonyl (C=O) groups is 1. The number of carbonyl (C=O) groups excluding carboxylic acids is 1. The first kappa shape index (κ1) is 15.4. The summed E-state index contributed by atoms with van der Waals surface area (Å²) in [4.78, 5) is 14.3. The third-order valence-corrected chi connectivity index (χ3v) is 6.40. The van der Waals surface area contributed by atoms with E-state index >= 15 is 0 Å². The van der Waals surface area contributed by atoms with E-state index in [9.17, 15) is 14.3 Å². The standard InChI is InChI=1S/C19H22FNO4/c20-14-1-2-16-15(7-14)21(3-4-24-16)18(22)25-17-12-5-11-6-13(17)10-19(23,8-11)9-12/h1-2,7,11-13,17,23H,3-6,8-10H2. The van der Waals surface area contributed by atoms with Crippen LogP contribution in [-0.2, 0) is 4.74 Å². The third kappa shape index (κ3) is 2.49. The van der Waals surface area contributed by atoms with Crippen LogP contribution < -0.4 is 9.64 Å². The molecule has 134 valence electrons. The number of hydrogen-bond acceptors (Lipinski definition) is 4. The zero-order chi connectivity index (χ0) is 17.2. The summed E-state index contributed by atoms with van der Waals surface area (Å²) in [6.07, 6.45) is 3.86. The molecule has 4 aliphatic carbocycles. The number of aliphatic hydroxyl groups is 1. The summed E-state index contributed by atoms with van der Waals surface area (Å²) in [7, 11) is 0. The van der Waals surface area contributed by atoms with E-state index in [0.717, 1.165) is 32.1 Å². The summed E-state index contributed by atoms with van der Waals surface area (Å²) < 4.78 is 25.0. The van der Waals surface area contributed by atoms with Crippen molar-refractivity contribution in [3.05, 3.63) is 24.0 Å². The van der Waals surface area contributed by atoms with E-state index in [1.54, 1.807) is 6.07 Å². The molecule has 2 atom stereocenters. The first-order chi connectivity index (χ1) is 12.0. The molecule has 25 heavy (non-hydrogen) atoms. The minimum Gasteiger partial charge on any atom is -0.490 e. The molecular formula is C19H22FNO4. The molecule has 1 aliphatic heterocycles. The average Bonchev–Trinajstić information content (AvgIpc) is 2.56. The van der Waals surface area contributed by atoms with E-state index in [1.165, 1.54) is 17.0 Å². The lowest BCUT2D eigenvalue weighted by Gasteiger charge is -2.57. The van der Waals surface area contributed by atoms with Crippen molar-refractivity contribution in [2.75, 3.05) is 18.1 Å². The number of ether oxygens (including phenoxy) is 2. The topological polar surface area (TPSA) is 59.0 Å². The predicted molar refractivity (Wildman–Crippen MR) is 88.0 cm³/mol. The molecule has 1 N–H and O–H groups in total. The molecular weight excluding hydrogens is 325 g/mol. The van der Waals surface area contributed by atoms with Crippen molar-refractivity contribution in [2.24, 2.45) is 17.8 Å². The number of hydrogen-bond donors (Lipinski definition) is 1. The Kier molecular flexibility index (Phi) is 3.29. The van der Waals surface area contributed by atoms with Crippen LogP contribution in [0.25, 0.3) is 0 Å². The van der Waals surface area contributed by atoms with Crippen molar-refractivity contribution in [3.8, 4) is 5.75 Å². The van der Waals surface area contributed by atoms with Crippen molar-refractivity contribution in [2.45, 2.75) is 43.8 Å². The van der Waals surface area contributed by atoms with Crippen LogP contribution in [0.4, 0.5) is 14.9 Å². The van der Waals surface area contributed by atoms with Crippen LogP contribution in [0.15, 0.2) is 18.2 Å². The Balaban J connectivity index is 1.36. The van der Waals surface area contributed by atoms with Gasteiger partial charge in [-0.25, -0.2) is 9.18 Å². The lowest BCUT2D eigenvalue weighted by atomic mass is 9.53. The van der Waals surface area contributed by atoms with Gasteiger partial charge in [0.2, 0.25) is 0 Å². The molecule has 6 heteroatoms. The molecule has 0 saturated heterocycles. The number of fused-ring (bicyclic) bond motifs is 1. The van der Waals surface area contributed by atoms with Crippen molar-refractivity contribution in [1.29, 1.82) is 0 Å². The number of anilines is 1. The highest BCUT2D eigenvalue weighted by molar-refractivity contribution is 5.90. The molecule has 5 nitrogen and oxygen atoms in total. The van der Waals surface area contributed by atoms with Gasteiger partial charge in [-0.3, -0.25) is 4.90 Å². The smallest absolute Gasteiger partial charge is 0.414 e. The minimum absolute atomic E-state index is 0.135. The van der Waals surface area contributed by atoms with E-state index in [1.807, 2.05) is 0 Å². The third-order valence-electron chi connectivity index (χ3n) is 6.40. The summed E-state index contributed by atoms with van der Waals surface area (Å²) in [5.74, 6) is 1.15. The SMILES string of the molecule is O=C(OC1C2CC3CC1CC(O)(C3)C2)N1CCOc2ccc(F)cc21. The fourth-order valence-corrected chi connectivity index (χ4v) is 5.69. The lowest BCUT2D eigenvalue weighted by Crippen LogP contribution is -2.58. The Labute approximate surface area is 145 Å². The molecule has 0 spiro atoms. The molecule has 4 bridgehead atoms. The summed E-state index contributed by atoms with van der Waals surface area (Å²) in [5, 5.41) is 10.7. The van der Waals surface area contributed by atoms with Crippen molar-refractivity contribution in [1.82, 2.24) is 0 Å². The summed E-state index contributed by atoms with van der Waals surface area (Å²) >= 11 is 0. The van der Waals surface area contributed by atoms with Gasteiger partial charge in [-0.05, 0) is 62.0 Å². The van der Waals surface area contributed by atoms with Gasteiger partial charge in [0.25, 0.3) is 0 Å². The monoisotopic (exact) mass is 347 g/mol. The van der Waals surface area contributed by atoms with Gasteiger partial charge in [0, 0.05) is 6.07 Å². The highest BCUT2D eigenvalue weighted by atomic mass is 19.1. The van der Waals surface area contributed by atoms with Crippen molar-refractivity contribution < 1.29 is 23.8 Å². The average molecular weight is 347 g/mol. The molecule has 1 heterocycles. The molecule has 1 aromatic rings. The number of rotatable bonds is 1. The summed E-state index contributed by atoms with van der Waals surface area (Å²) in [6, 6.07) is 4.18. The highest BCUT2D eigenvalue weighted by Crippen LogP contribution is 2.56. The molecule has 5 aliphatic rings. The Morgan fingerprint density at radius 1 is 1.28 bits per heavy atom. The number of benzene rings is 1. The van der Waals surface area contributed by atoms with Gasteiger partial charge < -0.3 is 14.6 Å². The van der Waals surface area contributed by atoms with Gasteiger partial charge in [-0.2, -0.15) is 0 Å². The maximum atomic E-state index is 13.6. The van der Waals surface area contributed by atoms with Gasteiger partial charge in [0.15, 0.2) is 0 Å². The van der Waals surface area contributed by atoms with Crippen molar-refractivity contribution >= 4 is 11.8 Å². The molecule has 6 rings (SSSR count). The molecule has 0 radical (unpaired) electrons. The molecule has 2 unspecified atom stereocenters. The first-order valence-corrected chi connectivity index (χ1v) is 9.14. The lowest BCUT2D eigenvalue weighted by molar-refractivity contribution is -0.175. The zero-order valence-corrected chi connectivity index (χ0v) is 14.0. The molecule has 1 aromatic carbocycles. The molecule has 4 fully saturated rings. The second kappa shape index (κ2) is 5.34. The van der Waals surface area contributed by atoms with E-state index in [2.05, 4.69) is 0 Å². The fraction of sp³-hybridized carbons (Fsp3) is 0.632. The molecule has 0 aromatic heterocycles. The van der Waals surface area contributed by atoms with Gasteiger partial charge in [0.05, 0.1) is 17.8 Å². The predicted octanol–water partition coefficient (Wildman–Crippen LogP) is 3.10. The molecule has 1 amide bonds. The normalized spacial score (nSPS) is 38.2. The van der Waals surface area contributed by atoms with Crippen LogP contribution in [0.2, 0.25) is 0 Å². The first-order valence-electron chi connectivity index (χ1n) is 9.14. The van der Waals surface area contributed by atoms with Crippen LogP contribution in [0.5, 0.6) is 5.75 Å². The zero-order valence-electron chi connectivity index (χ0n) is 14.0. The van der Waals surface area contributed by atoms with E-state index in [4.69, 9.17) is 9.47 Å². The van der Waals surface area contributed by atoms with Crippen LogP contribution in [0.3, 0.4) is 0 Å². The van der Waals surface area contributed by atoms with Gasteiger partial charge in [-0.15, -0.1) is 0 Å². The summed E-state index contributed by atoms with van der Waals surface area (Å²) in [6.45, 7) is 0.719. The number of nitrogens with zero attached hydrogens (tertiary/aromatic N) is 1. The van der Waals surface area contributed by atoms with Gasteiger partial charge in [0.1, 0.15) is 24.3 Å². The molecule has 4 saturated carbocycles. The second-order valence-electron chi connectivity index (χ2n) is 8.15. The number of amides is 1. The maximum Gasteiger partial charge on any atom is 0.414 e. The van der Waals surface area contributed by atoms with Crippen LogP contribution in [-0.4, -0.2) is 36.1 Å². The Morgan fingerprint density at radius 2 is 2.04 bits per heavy atom. The quantitative estimate of drug-likeness (QED) is 0.848. The van der Waals surface area contributed by atoms with Crippen LogP contribution >= 0.6 is 0 Å². The Hall–Kier alpha value is -1.82. The fourth-order valence-electron chi connectivity index (χ4n) is 5.69.